The van der Waals surface area contributed by atoms with E-state index in [9.17, 15) is 4.79 Å². The predicted octanol–water partition coefficient (Wildman–Crippen LogP) is 4.13. The molecule has 2 rings (SSSR count). The van der Waals surface area contributed by atoms with Gasteiger partial charge in [-0.05, 0) is 51.4 Å². The molecule has 2 saturated carbocycles. The molecule has 2 aliphatic rings. The summed E-state index contributed by atoms with van der Waals surface area (Å²) in [6, 6.07) is 0. The molecule has 0 aromatic rings. The second kappa shape index (κ2) is 5.16. The summed E-state index contributed by atoms with van der Waals surface area (Å²) in [5, 5.41) is 0. The van der Waals surface area contributed by atoms with Crippen LogP contribution in [-0.4, -0.2) is 5.78 Å². The Balaban J connectivity index is 2.04. The Morgan fingerprint density at radius 2 is 2.00 bits per heavy atom. The second-order valence-electron chi connectivity index (χ2n) is 5.91. The van der Waals surface area contributed by atoms with E-state index in [0.29, 0.717) is 23.5 Å². The number of carbonyl (C=O) groups excluding carboxylic acids is 1. The van der Waals surface area contributed by atoms with Gasteiger partial charge in [-0.1, -0.05) is 24.5 Å². The van der Waals surface area contributed by atoms with Crippen molar-refractivity contribution in [3.63, 3.8) is 0 Å². The third-order valence-corrected chi connectivity index (χ3v) is 4.21. The first kappa shape index (κ1) is 11.9. The van der Waals surface area contributed by atoms with Gasteiger partial charge < -0.3 is 0 Å². The topological polar surface area (TPSA) is 17.1 Å². The van der Waals surface area contributed by atoms with E-state index in [1.54, 1.807) is 0 Å². The van der Waals surface area contributed by atoms with Crippen molar-refractivity contribution < 1.29 is 4.79 Å². The van der Waals surface area contributed by atoms with Crippen molar-refractivity contribution in [2.24, 2.45) is 17.8 Å². The smallest absolute Gasteiger partial charge is 0.136 e. The molecule has 90 valence electrons. The van der Waals surface area contributed by atoms with Gasteiger partial charge in [0.05, 0.1) is 0 Å². The van der Waals surface area contributed by atoms with E-state index >= 15 is 0 Å². The van der Waals surface area contributed by atoms with Gasteiger partial charge in [-0.15, -0.1) is 0 Å². The minimum absolute atomic E-state index is 0.404. The molecule has 0 saturated heterocycles. The fourth-order valence-electron chi connectivity index (χ4n) is 3.56. The first-order valence-corrected chi connectivity index (χ1v) is 6.84. The number of carbonyl (C=O) groups is 1. The van der Waals surface area contributed by atoms with Crippen LogP contribution < -0.4 is 0 Å². The van der Waals surface area contributed by atoms with Crippen molar-refractivity contribution in [1.29, 1.82) is 0 Å². The number of Topliss-reactive ketones (excluding diaryl/α,β-unsaturated/α-hetero) is 1. The van der Waals surface area contributed by atoms with Gasteiger partial charge in [0.25, 0.3) is 0 Å². The Morgan fingerprint density at radius 1 is 1.19 bits per heavy atom. The van der Waals surface area contributed by atoms with Gasteiger partial charge in [0.1, 0.15) is 5.78 Å². The average molecular weight is 220 g/mol. The maximum absolute atomic E-state index is 12.1. The Kier molecular flexibility index (Phi) is 3.83. The fourth-order valence-corrected chi connectivity index (χ4v) is 3.56. The highest BCUT2D eigenvalue weighted by atomic mass is 16.1. The van der Waals surface area contributed by atoms with Crippen LogP contribution in [0.25, 0.3) is 0 Å². The fraction of sp³-hybridized carbons (Fsp3) is 0.800. The lowest BCUT2D eigenvalue weighted by Crippen LogP contribution is -2.20. The summed E-state index contributed by atoms with van der Waals surface area (Å²) in [5.41, 5.74) is 1.41. The van der Waals surface area contributed by atoms with Gasteiger partial charge in [0.2, 0.25) is 0 Å². The van der Waals surface area contributed by atoms with Crippen LogP contribution in [0.4, 0.5) is 0 Å². The maximum atomic E-state index is 12.1. The van der Waals surface area contributed by atoms with Crippen molar-refractivity contribution >= 4 is 5.78 Å². The quantitative estimate of drug-likeness (QED) is 0.607. The second-order valence-corrected chi connectivity index (χ2v) is 5.91. The normalized spacial score (nSPS) is 35.1. The number of hydrogen-bond donors (Lipinski definition) is 0. The summed E-state index contributed by atoms with van der Waals surface area (Å²) < 4.78 is 0. The summed E-state index contributed by atoms with van der Waals surface area (Å²) in [7, 11) is 0. The van der Waals surface area contributed by atoms with E-state index in [-0.39, 0.29) is 0 Å². The number of fused-ring (bicyclic) bond motifs is 1. The van der Waals surface area contributed by atoms with Crippen LogP contribution in [0.15, 0.2) is 11.6 Å². The Hall–Kier alpha value is -0.590. The molecule has 0 aromatic heterocycles. The van der Waals surface area contributed by atoms with Crippen molar-refractivity contribution in [2.75, 3.05) is 0 Å². The Labute approximate surface area is 99.3 Å². The van der Waals surface area contributed by atoms with E-state index in [1.165, 1.54) is 31.3 Å². The molecule has 2 aliphatic carbocycles. The van der Waals surface area contributed by atoms with Crippen molar-refractivity contribution in [3.8, 4) is 0 Å². The zero-order valence-electron chi connectivity index (χ0n) is 10.7. The molecular weight excluding hydrogens is 196 g/mol. The number of rotatable bonds is 1. The van der Waals surface area contributed by atoms with E-state index in [4.69, 9.17) is 0 Å². The van der Waals surface area contributed by atoms with Crippen LogP contribution in [0.3, 0.4) is 0 Å². The van der Waals surface area contributed by atoms with Crippen LogP contribution in [-0.2, 0) is 4.79 Å². The summed E-state index contributed by atoms with van der Waals surface area (Å²) >= 11 is 0. The highest BCUT2D eigenvalue weighted by molar-refractivity contribution is 5.81. The molecule has 0 radical (unpaired) electrons. The summed E-state index contributed by atoms with van der Waals surface area (Å²) in [4.78, 5) is 12.1. The zero-order chi connectivity index (χ0) is 11.5. The molecular formula is C15H24O. The van der Waals surface area contributed by atoms with Crippen LogP contribution >= 0.6 is 0 Å². The lowest BCUT2D eigenvalue weighted by molar-refractivity contribution is -0.124. The number of ketones is 1. The molecule has 3 atom stereocenters. The predicted molar refractivity (Wildman–Crippen MR) is 67.2 cm³/mol. The third kappa shape index (κ3) is 2.75. The van der Waals surface area contributed by atoms with Crippen molar-refractivity contribution in [2.45, 2.75) is 58.8 Å². The van der Waals surface area contributed by atoms with Crippen LogP contribution in [0.2, 0.25) is 0 Å². The van der Waals surface area contributed by atoms with Gasteiger partial charge in [0, 0.05) is 12.3 Å². The van der Waals surface area contributed by atoms with Crippen LogP contribution in [0.5, 0.6) is 0 Å². The van der Waals surface area contributed by atoms with Crippen molar-refractivity contribution in [3.05, 3.63) is 11.6 Å². The third-order valence-electron chi connectivity index (χ3n) is 4.21. The zero-order valence-corrected chi connectivity index (χ0v) is 10.7. The number of hydrogen-bond acceptors (Lipinski definition) is 1. The minimum Gasteiger partial charge on any atom is -0.299 e. The monoisotopic (exact) mass is 220 g/mol. The largest absolute Gasteiger partial charge is 0.299 e. The van der Waals surface area contributed by atoms with Gasteiger partial charge in [0.15, 0.2) is 0 Å². The molecule has 16 heavy (non-hydrogen) atoms. The summed E-state index contributed by atoms with van der Waals surface area (Å²) in [6.45, 7) is 4.34. The molecule has 0 N–H and O–H groups in total. The van der Waals surface area contributed by atoms with Crippen LogP contribution in [0.1, 0.15) is 58.8 Å². The molecule has 0 bridgehead atoms. The lowest BCUT2D eigenvalue weighted by atomic mass is 9.83. The molecule has 1 nitrogen and oxygen atoms in total. The molecule has 0 unspecified atom stereocenters. The number of allylic oxidation sites excluding steroid dienone is 2. The lowest BCUT2D eigenvalue weighted by Gasteiger charge is -2.20. The van der Waals surface area contributed by atoms with E-state index in [0.717, 1.165) is 19.3 Å². The molecule has 2 fully saturated rings. The highest BCUT2D eigenvalue weighted by Gasteiger charge is 2.37. The van der Waals surface area contributed by atoms with E-state index in [1.807, 2.05) is 0 Å². The van der Waals surface area contributed by atoms with E-state index < -0.39 is 0 Å². The highest BCUT2D eigenvalue weighted by Crippen LogP contribution is 2.42. The van der Waals surface area contributed by atoms with Gasteiger partial charge in [-0.2, -0.15) is 0 Å². The molecule has 0 spiro atoms. The first-order chi connectivity index (χ1) is 7.66. The van der Waals surface area contributed by atoms with Gasteiger partial charge in [-0.3, -0.25) is 4.79 Å². The first-order valence-electron chi connectivity index (χ1n) is 6.84. The van der Waals surface area contributed by atoms with Crippen molar-refractivity contribution in [1.82, 2.24) is 0 Å². The SMILES string of the molecule is CC(C)=C[C@H]1C[C@H]2CCCCCC(=O)[C@H]2C1. The molecule has 1 heteroatoms. The van der Waals surface area contributed by atoms with E-state index in [2.05, 4.69) is 19.9 Å². The Bertz CT molecular complexity index is 286. The Morgan fingerprint density at radius 3 is 2.75 bits per heavy atom. The molecule has 0 heterocycles. The maximum Gasteiger partial charge on any atom is 0.136 e. The summed E-state index contributed by atoms with van der Waals surface area (Å²) in [6.07, 6.45) is 10.7. The average Bonchev–Trinajstić information content (AvgIpc) is 2.56. The van der Waals surface area contributed by atoms with Gasteiger partial charge >= 0.3 is 0 Å². The molecule has 0 aromatic carbocycles. The van der Waals surface area contributed by atoms with Crippen LogP contribution in [0, 0.1) is 17.8 Å². The standard InChI is InChI=1S/C15H24O/c1-11(2)8-12-9-13-6-4-3-5-7-15(16)14(13)10-12/h8,12-14H,3-7,9-10H2,1-2H3/t12-,13+,14-/m0/s1. The van der Waals surface area contributed by atoms with Gasteiger partial charge in [-0.25, -0.2) is 0 Å². The minimum atomic E-state index is 0.404. The molecule has 0 aliphatic heterocycles. The molecule has 0 amide bonds. The summed E-state index contributed by atoms with van der Waals surface area (Å²) in [5.74, 6) is 2.35.